The van der Waals surface area contributed by atoms with Gasteiger partial charge >= 0.3 is 39.5 Å². The Labute approximate surface area is 632 Å². The number of ether oxygens (including phenoxy) is 4. The first-order chi connectivity index (χ1) is 50.2. The number of esters is 4. The second-order valence-corrected chi connectivity index (χ2v) is 33.1. The van der Waals surface area contributed by atoms with Crippen LogP contribution in [0.25, 0.3) is 0 Å². The number of unbranched alkanes of at least 4 members (excludes halogenated alkanes) is 59. The van der Waals surface area contributed by atoms with Crippen LogP contribution in [-0.2, 0) is 65.4 Å². The summed E-state index contributed by atoms with van der Waals surface area (Å²) >= 11 is 0. The third-order valence-electron chi connectivity index (χ3n) is 19.9. The molecule has 0 heterocycles. The molecule has 0 saturated heterocycles. The van der Waals surface area contributed by atoms with E-state index in [0.29, 0.717) is 25.7 Å². The van der Waals surface area contributed by atoms with E-state index in [1.165, 1.54) is 289 Å². The van der Waals surface area contributed by atoms with Gasteiger partial charge in [-0.1, -0.05) is 407 Å². The van der Waals surface area contributed by atoms with Gasteiger partial charge in [-0.15, -0.1) is 0 Å². The molecule has 3 N–H and O–H groups in total. The van der Waals surface area contributed by atoms with Gasteiger partial charge in [-0.3, -0.25) is 37.3 Å². The average Bonchev–Trinajstić information content (AvgIpc) is 1.00. The maximum absolute atomic E-state index is 13.1. The van der Waals surface area contributed by atoms with E-state index in [2.05, 4.69) is 27.7 Å². The Morgan fingerprint density at radius 2 is 0.388 bits per heavy atom. The van der Waals surface area contributed by atoms with Gasteiger partial charge in [0.2, 0.25) is 0 Å². The summed E-state index contributed by atoms with van der Waals surface area (Å²) in [5.41, 5.74) is 0. The molecule has 0 aromatic rings. The Bertz CT molecular complexity index is 1950. The van der Waals surface area contributed by atoms with Crippen molar-refractivity contribution >= 4 is 39.5 Å². The molecule has 0 aliphatic carbocycles. The van der Waals surface area contributed by atoms with Crippen LogP contribution in [0.2, 0.25) is 0 Å². The van der Waals surface area contributed by atoms with Crippen LogP contribution in [0.1, 0.15) is 458 Å². The summed E-state index contributed by atoms with van der Waals surface area (Å²) < 4.78 is 68.7. The topological polar surface area (TPSA) is 237 Å². The molecule has 0 aliphatic heterocycles. The summed E-state index contributed by atoms with van der Waals surface area (Å²) in [6, 6.07) is 0. The fourth-order valence-corrected chi connectivity index (χ4v) is 14.7. The van der Waals surface area contributed by atoms with Crippen molar-refractivity contribution in [2.24, 2.45) is 0 Å². The standard InChI is InChI=1S/C84H164O17P2/c1-5-9-13-17-21-25-29-31-33-35-37-39-41-43-45-47-49-51-55-59-63-67-71-84(89)101-80(75-95-82(87)69-65-61-57-54-50-48-46-44-42-40-38-36-34-32-30-26-22-18-14-10-6-2)77-99-103(92,93)97-73-78(85)72-96-102(90,91)98-76-79(100-83(88)70-66-62-58-53-28-24-20-16-12-8-4)74-94-81(86)68-64-60-56-52-27-23-19-15-11-7-3/h78-80,85H,5-77H2,1-4H3,(H,90,91)(H,92,93)/t78-,79+,80+/m0/s1. The average molecular weight is 1510 g/mol. The lowest BCUT2D eigenvalue weighted by Gasteiger charge is -2.21. The molecule has 2 unspecified atom stereocenters. The fourth-order valence-electron chi connectivity index (χ4n) is 13.2. The molecule has 0 spiro atoms. The smallest absolute Gasteiger partial charge is 0.462 e. The zero-order valence-electron chi connectivity index (χ0n) is 67.3. The monoisotopic (exact) mass is 1510 g/mol. The molecule has 17 nitrogen and oxygen atoms in total. The Morgan fingerprint density at radius 1 is 0.233 bits per heavy atom. The van der Waals surface area contributed by atoms with Crippen LogP contribution in [0.3, 0.4) is 0 Å². The summed E-state index contributed by atoms with van der Waals surface area (Å²) in [6.07, 6.45) is 72.5. The number of hydrogen-bond donors (Lipinski definition) is 3. The highest BCUT2D eigenvalue weighted by Crippen LogP contribution is 2.45. The van der Waals surface area contributed by atoms with E-state index in [-0.39, 0.29) is 25.7 Å². The number of hydrogen-bond acceptors (Lipinski definition) is 15. The zero-order chi connectivity index (χ0) is 75.3. The Kier molecular flexibility index (Phi) is 76.7. The van der Waals surface area contributed by atoms with Crippen LogP contribution < -0.4 is 0 Å². The maximum Gasteiger partial charge on any atom is 0.472 e. The largest absolute Gasteiger partial charge is 0.472 e. The van der Waals surface area contributed by atoms with Crippen molar-refractivity contribution in [1.29, 1.82) is 0 Å². The van der Waals surface area contributed by atoms with E-state index < -0.39 is 97.5 Å². The van der Waals surface area contributed by atoms with Gasteiger partial charge in [-0.05, 0) is 25.7 Å². The van der Waals surface area contributed by atoms with Gasteiger partial charge in [0.25, 0.3) is 0 Å². The van der Waals surface area contributed by atoms with Crippen LogP contribution in [0, 0.1) is 0 Å². The van der Waals surface area contributed by atoms with Crippen molar-refractivity contribution in [3.8, 4) is 0 Å². The van der Waals surface area contributed by atoms with Crippen molar-refractivity contribution in [2.75, 3.05) is 39.6 Å². The normalized spacial score (nSPS) is 13.7. The molecule has 0 radical (unpaired) electrons. The fraction of sp³-hybridized carbons (Fsp3) is 0.952. The first-order valence-electron chi connectivity index (χ1n) is 43.8. The highest BCUT2D eigenvalue weighted by atomic mass is 31.2. The third-order valence-corrected chi connectivity index (χ3v) is 21.8. The van der Waals surface area contributed by atoms with Crippen molar-refractivity contribution < 1.29 is 80.2 Å². The van der Waals surface area contributed by atoms with Gasteiger partial charge in [0.1, 0.15) is 19.3 Å². The van der Waals surface area contributed by atoms with Crippen LogP contribution in [0.4, 0.5) is 0 Å². The second kappa shape index (κ2) is 78.2. The first-order valence-corrected chi connectivity index (χ1v) is 46.8. The van der Waals surface area contributed by atoms with Crippen LogP contribution in [0.5, 0.6) is 0 Å². The molecule has 5 atom stereocenters. The molecule has 0 fully saturated rings. The summed E-state index contributed by atoms with van der Waals surface area (Å²) in [4.78, 5) is 73.0. The summed E-state index contributed by atoms with van der Waals surface area (Å²) in [7, 11) is -9.92. The predicted octanol–water partition coefficient (Wildman–Crippen LogP) is 25.7. The van der Waals surface area contributed by atoms with Gasteiger partial charge in [0.05, 0.1) is 26.4 Å². The number of aliphatic hydroxyl groups is 1. The summed E-state index contributed by atoms with van der Waals surface area (Å²) in [6.45, 7) is 5.01. The minimum Gasteiger partial charge on any atom is -0.462 e. The van der Waals surface area contributed by atoms with Crippen molar-refractivity contribution in [3.63, 3.8) is 0 Å². The molecule has 0 aliphatic rings. The van der Waals surface area contributed by atoms with Gasteiger partial charge in [-0.2, -0.15) is 0 Å². The molecule has 103 heavy (non-hydrogen) atoms. The number of phosphoric acid groups is 2. The summed E-state index contributed by atoms with van der Waals surface area (Å²) in [5, 5.41) is 10.6. The molecule has 612 valence electrons. The highest BCUT2D eigenvalue weighted by molar-refractivity contribution is 7.47. The molecule has 19 heteroatoms. The second-order valence-electron chi connectivity index (χ2n) is 30.2. The van der Waals surface area contributed by atoms with Crippen LogP contribution in [-0.4, -0.2) is 96.7 Å². The molecular weight excluding hydrogens is 1340 g/mol. The molecule has 0 aromatic carbocycles. The third kappa shape index (κ3) is 78.0. The molecule has 0 aromatic heterocycles. The van der Waals surface area contributed by atoms with E-state index >= 15 is 0 Å². The molecule has 0 amide bonds. The minimum absolute atomic E-state index is 0.107. The highest BCUT2D eigenvalue weighted by Gasteiger charge is 2.30. The minimum atomic E-state index is -4.96. The quantitative estimate of drug-likeness (QED) is 0.0222. The van der Waals surface area contributed by atoms with Gasteiger partial charge < -0.3 is 33.8 Å². The molecule has 0 saturated carbocycles. The number of phosphoric ester groups is 2. The van der Waals surface area contributed by atoms with E-state index in [0.717, 1.165) is 89.9 Å². The van der Waals surface area contributed by atoms with E-state index in [1.54, 1.807) is 0 Å². The van der Waals surface area contributed by atoms with E-state index in [9.17, 15) is 43.2 Å². The zero-order valence-corrected chi connectivity index (χ0v) is 69.1. The lowest BCUT2D eigenvalue weighted by atomic mass is 10.0. The maximum atomic E-state index is 13.1. The number of carbonyl (C=O) groups excluding carboxylic acids is 4. The van der Waals surface area contributed by atoms with Gasteiger partial charge in [-0.25, -0.2) is 9.13 Å². The van der Waals surface area contributed by atoms with E-state index in [4.69, 9.17) is 37.0 Å². The lowest BCUT2D eigenvalue weighted by Crippen LogP contribution is -2.30. The Hall–Kier alpha value is -1.94. The van der Waals surface area contributed by atoms with Crippen LogP contribution in [0.15, 0.2) is 0 Å². The number of rotatable bonds is 85. The van der Waals surface area contributed by atoms with Gasteiger partial charge in [0, 0.05) is 25.7 Å². The Balaban J connectivity index is 5.16. The first kappa shape index (κ1) is 101. The van der Waals surface area contributed by atoms with Crippen molar-refractivity contribution in [3.05, 3.63) is 0 Å². The number of aliphatic hydroxyl groups excluding tert-OH is 1. The van der Waals surface area contributed by atoms with Crippen molar-refractivity contribution in [2.45, 2.75) is 476 Å². The Morgan fingerprint density at radius 3 is 0.573 bits per heavy atom. The molecule has 0 rings (SSSR count). The van der Waals surface area contributed by atoms with Crippen LogP contribution >= 0.6 is 15.6 Å². The predicted molar refractivity (Wildman–Crippen MR) is 423 cm³/mol. The van der Waals surface area contributed by atoms with Crippen molar-refractivity contribution in [1.82, 2.24) is 0 Å². The molecular formula is C84H164O17P2. The summed E-state index contributed by atoms with van der Waals surface area (Å²) in [5.74, 6) is -2.10. The lowest BCUT2D eigenvalue weighted by molar-refractivity contribution is -0.161. The van der Waals surface area contributed by atoms with E-state index in [1.807, 2.05) is 0 Å². The SMILES string of the molecule is CCCCCCCCCCCCCCCCCCCCCCCCC(=O)O[C@H](COC(=O)CCCCCCCCCCCCCCCCCCCCCCC)COP(=O)(O)OC[C@@H](O)COP(=O)(O)OC[C@@H](COC(=O)CCCCCCCCCCCC)OC(=O)CCCCCCCCCCCC. The van der Waals surface area contributed by atoms with Gasteiger partial charge in [0.15, 0.2) is 12.2 Å². The number of carbonyl (C=O) groups is 4. The molecule has 0 bridgehead atoms.